The van der Waals surface area contributed by atoms with E-state index in [0.29, 0.717) is 34.3 Å². The van der Waals surface area contributed by atoms with Crippen LogP contribution < -0.4 is 5.32 Å². The predicted molar refractivity (Wildman–Crippen MR) is 114 cm³/mol. The highest BCUT2D eigenvalue weighted by Gasteiger charge is 2.28. The first-order chi connectivity index (χ1) is 14.1. The van der Waals surface area contributed by atoms with Crippen molar-refractivity contribution in [2.75, 3.05) is 5.75 Å². The molecular formula is C22H26N4O2S. The summed E-state index contributed by atoms with van der Waals surface area (Å²) in [5.74, 6) is 2.78. The Morgan fingerprint density at radius 1 is 1.17 bits per heavy atom. The van der Waals surface area contributed by atoms with Gasteiger partial charge in [-0.1, -0.05) is 56.7 Å². The molecule has 1 amide bonds. The summed E-state index contributed by atoms with van der Waals surface area (Å²) < 4.78 is 7.46. The fourth-order valence-corrected chi connectivity index (χ4v) is 4.67. The molecule has 2 aromatic heterocycles. The van der Waals surface area contributed by atoms with Crippen molar-refractivity contribution in [3.63, 3.8) is 0 Å². The lowest BCUT2D eigenvalue weighted by molar-refractivity contribution is -0.120. The number of para-hydroxylation sites is 1. The molecule has 0 radical (unpaired) electrons. The van der Waals surface area contributed by atoms with Gasteiger partial charge in [0.05, 0.1) is 12.0 Å². The molecule has 6 nitrogen and oxygen atoms in total. The second-order valence-corrected chi connectivity index (χ2v) is 8.63. The second-order valence-electron chi connectivity index (χ2n) is 7.68. The molecule has 29 heavy (non-hydrogen) atoms. The standard InChI is InChI=1S/C22H26N4O2S/c1-15-8-6-11-18(16(15)2)23-20(27)14-29-22-25-24-21(19-12-7-13-28-19)26(22)17-9-4-3-5-10-17/h3-5,7,9-10,12-13,15-16,18H,6,8,11,14H2,1-2H3,(H,23,27). The van der Waals surface area contributed by atoms with E-state index in [1.54, 1.807) is 6.26 Å². The summed E-state index contributed by atoms with van der Waals surface area (Å²) in [7, 11) is 0. The number of hydrogen-bond acceptors (Lipinski definition) is 5. The van der Waals surface area contributed by atoms with Crippen molar-refractivity contribution in [2.24, 2.45) is 11.8 Å². The minimum absolute atomic E-state index is 0.0445. The lowest BCUT2D eigenvalue weighted by Crippen LogP contribution is -2.44. The molecule has 3 unspecified atom stereocenters. The van der Waals surface area contributed by atoms with Crippen molar-refractivity contribution >= 4 is 17.7 Å². The molecule has 1 aromatic carbocycles. The molecule has 152 valence electrons. The topological polar surface area (TPSA) is 73.0 Å². The molecule has 3 atom stereocenters. The molecule has 1 saturated carbocycles. The minimum Gasteiger partial charge on any atom is -0.461 e. The van der Waals surface area contributed by atoms with Crippen molar-refractivity contribution in [1.82, 2.24) is 20.1 Å². The maximum absolute atomic E-state index is 12.6. The molecule has 1 N–H and O–H groups in total. The van der Waals surface area contributed by atoms with Gasteiger partial charge in [0.2, 0.25) is 11.7 Å². The van der Waals surface area contributed by atoms with Gasteiger partial charge in [-0.05, 0) is 42.5 Å². The second kappa shape index (κ2) is 8.86. The summed E-state index contributed by atoms with van der Waals surface area (Å²) in [6, 6.07) is 13.8. The average Bonchev–Trinajstić information content (AvgIpc) is 3.40. The Hall–Kier alpha value is -2.54. The van der Waals surface area contributed by atoms with Crippen LogP contribution in [0.1, 0.15) is 33.1 Å². The Kier molecular flexibility index (Phi) is 6.04. The summed E-state index contributed by atoms with van der Waals surface area (Å²) in [6.07, 6.45) is 5.10. The molecular weight excluding hydrogens is 384 g/mol. The lowest BCUT2D eigenvalue weighted by Gasteiger charge is -2.34. The van der Waals surface area contributed by atoms with E-state index >= 15 is 0 Å². The summed E-state index contributed by atoms with van der Waals surface area (Å²) >= 11 is 1.39. The monoisotopic (exact) mass is 410 g/mol. The molecule has 0 saturated heterocycles. The van der Waals surface area contributed by atoms with Gasteiger partial charge in [-0.25, -0.2) is 0 Å². The van der Waals surface area contributed by atoms with Gasteiger partial charge >= 0.3 is 0 Å². The number of nitrogens with zero attached hydrogens (tertiary/aromatic N) is 3. The first-order valence-electron chi connectivity index (χ1n) is 10.1. The van der Waals surface area contributed by atoms with E-state index < -0.39 is 0 Å². The number of amides is 1. The fraction of sp³-hybridized carbons (Fsp3) is 0.409. The van der Waals surface area contributed by atoms with E-state index in [9.17, 15) is 4.79 Å². The van der Waals surface area contributed by atoms with Crippen LogP contribution >= 0.6 is 11.8 Å². The highest BCUT2D eigenvalue weighted by molar-refractivity contribution is 7.99. The highest BCUT2D eigenvalue weighted by atomic mass is 32.2. The number of benzene rings is 1. The van der Waals surface area contributed by atoms with E-state index in [4.69, 9.17) is 4.42 Å². The molecule has 0 aliphatic heterocycles. The third-order valence-corrected chi connectivity index (χ3v) is 6.70. The Bertz CT molecular complexity index is 939. The van der Waals surface area contributed by atoms with Crippen LogP contribution in [0, 0.1) is 11.8 Å². The largest absolute Gasteiger partial charge is 0.461 e. The maximum Gasteiger partial charge on any atom is 0.230 e. The van der Waals surface area contributed by atoms with Crippen molar-refractivity contribution in [1.29, 1.82) is 0 Å². The number of furan rings is 1. The van der Waals surface area contributed by atoms with Gasteiger partial charge in [0, 0.05) is 11.7 Å². The van der Waals surface area contributed by atoms with Crippen LogP contribution in [0.5, 0.6) is 0 Å². The van der Waals surface area contributed by atoms with Crippen LogP contribution in [-0.4, -0.2) is 32.5 Å². The summed E-state index contributed by atoms with van der Waals surface area (Å²) in [5, 5.41) is 12.5. The zero-order chi connectivity index (χ0) is 20.2. The Labute approximate surface area is 175 Å². The van der Waals surface area contributed by atoms with Gasteiger partial charge in [-0.15, -0.1) is 10.2 Å². The van der Waals surface area contributed by atoms with Crippen LogP contribution in [-0.2, 0) is 4.79 Å². The SMILES string of the molecule is CC1CCCC(NC(=O)CSc2nnc(-c3ccco3)n2-c2ccccc2)C1C. The molecule has 4 rings (SSSR count). The lowest BCUT2D eigenvalue weighted by atomic mass is 9.78. The number of carbonyl (C=O) groups excluding carboxylic acids is 1. The third kappa shape index (κ3) is 4.40. The highest BCUT2D eigenvalue weighted by Crippen LogP contribution is 2.30. The van der Waals surface area contributed by atoms with Crippen molar-refractivity contribution in [2.45, 2.75) is 44.3 Å². The van der Waals surface area contributed by atoms with Crippen LogP contribution in [0.4, 0.5) is 0 Å². The number of thioether (sulfide) groups is 1. The average molecular weight is 411 g/mol. The number of nitrogens with one attached hydrogen (secondary N) is 1. The van der Waals surface area contributed by atoms with Crippen molar-refractivity contribution in [3.8, 4) is 17.3 Å². The molecule has 0 bridgehead atoms. The van der Waals surface area contributed by atoms with E-state index in [1.165, 1.54) is 24.6 Å². The molecule has 0 spiro atoms. The normalized spacial score (nSPS) is 21.8. The molecule has 1 fully saturated rings. The van der Waals surface area contributed by atoms with Gasteiger partial charge < -0.3 is 9.73 Å². The van der Waals surface area contributed by atoms with Gasteiger partial charge in [0.15, 0.2) is 10.9 Å². The van der Waals surface area contributed by atoms with E-state index in [-0.39, 0.29) is 11.9 Å². The van der Waals surface area contributed by atoms with Crippen LogP contribution in [0.2, 0.25) is 0 Å². The zero-order valence-electron chi connectivity index (χ0n) is 16.7. The Balaban J connectivity index is 1.50. The molecule has 3 aromatic rings. The first-order valence-corrected chi connectivity index (χ1v) is 11.1. The Morgan fingerprint density at radius 3 is 2.76 bits per heavy atom. The summed E-state index contributed by atoms with van der Waals surface area (Å²) in [5.41, 5.74) is 0.932. The van der Waals surface area contributed by atoms with Crippen molar-refractivity contribution < 1.29 is 9.21 Å². The Morgan fingerprint density at radius 2 is 2.00 bits per heavy atom. The molecule has 2 heterocycles. The smallest absolute Gasteiger partial charge is 0.230 e. The summed E-state index contributed by atoms with van der Waals surface area (Å²) in [4.78, 5) is 12.6. The minimum atomic E-state index is 0.0445. The predicted octanol–water partition coefficient (Wildman–Crippen LogP) is 4.56. The van der Waals surface area contributed by atoms with E-state index in [2.05, 4.69) is 29.4 Å². The van der Waals surface area contributed by atoms with Gasteiger partial charge in [-0.2, -0.15) is 0 Å². The molecule has 1 aliphatic rings. The maximum atomic E-state index is 12.6. The quantitative estimate of drug-likeness (QED) is 0.603. The molecule has 7 heteroatoms. The van der Waals surface area contributed by atoms with Crippen molar-refractivity contribution in [3.05, 3.63) is 48.7 Å². The third-order valence-electron chi connectivity index (χ3n) is 5.77. The van der Waals surface area contributed by atoms with Crippen LogP contribution in [0.25, 0.3) is 17.3 Å². The van der Waals surface area contributed by atoms with E-state index in [0.717, 1.165) is 12.1 Å². The van der Waals surface area contributed by atoms with Gasteiger partial charge in [-0.3, -0.25) is 9.36 Å². The van der Waals surface area contributed by atoms with E-state index in [1.807, 2.05) is 47.0 Å². The first kappa shape index (κ1) is 19.8. The number of carbonyl (C=O) groups is 1. The van der Waals surface area contributed by atoms with Crippen LogP contribution in [0.15, 0.2) is 58.3 Å². The van der Waals surface area contributed by atoms with Crippen LogP contribution in [0.3, 0.4) is 0 Å². The number of aromatic nitrogens is 3. The summed E-state index contributed by atoms with van der Waals surface area (Å²) in [6.45, 7) is 4.51. The number of rotatable bonds is 6. The number of hydrogen-bond donors (Lipinski definition) is 1. The van der Waals surface area contributed by atoms with Gasteiger partial charge in [0.1, 0.15) is 0 Å². The van der Waals surface area contributed by atoms with Gasteiger partial charge in [0.25, 0.3) is 0 Å². The fourth-order valence-electron chi connectivity index (χ4n) is 3.90. The zero-order valence-corrected chi connectivity index (χ0v) is 17.6. The molecule has 1 aliphatic carbocycles.